The maximum Gasteiger partial charge on any atom is 0.00697 e. The number of nitrogens with one attached hydrogen (secondary N) is 1. The Bertz CT molecular complexity index is 196. The Hall–Kier alpha value is -0.0400. The lowest BCUT2D eigenvalue weighted by molar-refractivity contribution is 0.322. The first-order valence-electron chi connectivity index (χ1n) is 7.51. The molecule has 0 heterocycles. The Morgan fingerprint density at radius 1 is 0.875 bits per heavy atom. The average Bonchev–Trinajstić information content (AvgIpc) is 2.72. The van der Waals surface area contributed by atoms with Crippen LogP contribution in [0.25, 0.3) is 0 Å². The first kappa shape index (κ1) is 12.4. The zero-order valence-corrected chi connectivity index (χ0v) is 11.2. The summed E-state index contributed by atoms with van der Waals surface area (Å²) in [5.41, 5.74) is 0. The second-order valence-corrected chi connectivity index (χ2v) is 6.31. The monoisotopic (exact) mass is 223 g/mol. The van der Waals surface area contributed by atoms with Gasteiger partial charge in [-0.05, 0) is 50.9 Å². The zero-order valence-electron chi connectivity index (χ0n) is 11.2. The molecule has 0 bridgehead atoms. The molecular formula is C15H29N. The predicted octanol–water partition coefficient (Wildman–Crippen LogP) is 4.12. The van der Waals surface area contributed by atoms with E-state index in [2.05, 4.69) is 19.2 Å². The molecule has 2 fully saturated rings. The van der Waals surface area contributed by atoms with Crippen LogP contribution < -0.4 is 5.32 Å². The first-order valence-corrected chi connectivity index (χ1v) is 7.51. The Kier molecular flexibility index (Phi) is 4.69. The van der Waals surface area contributed by atoms with Crippen molar-refractivity contribution in [1.29, 1.82) is 0 Å². The van der Waals surface area contributed by atoms with Gasteiger partial charge < -0.3 is 5.32 Å². The van der Waals surface area contributed by atoms with E-state index in [1.54, 1.807) is 0 Å². The van der Waals surface area contributed by atoms with E-state index >= 15 is 0 Å². The molecule has 3 atom stereocenters. The van der Waals surface area contributed by atoms with Gasteiger partial charge in [0.1, 0.15) is 0 Å². The summed E-state index contributed by atoms with van der Waals surface area (Å²) in [6.45, 7) is 4.84. The van der Waals surface area contributed by atoms with Gasteiger partial charge in [0.25, 0.3) is 0 Å². The maximum atomic E-state index is 3.92. The van der Waals surface area contributed by atoms with E-state index < -0.39 is 0 Å². The molecule has 2 aliphatic rings. The molecule has 0 saturated heterocycles. The normalized spacial score (nSPS) is 34.9. The van der Waals surface area contributed by atoms with Gasteiger partial charge in [-0.3, -0.25) is 0 Å². The van der Waals surface area contributed by atoms with Crippen LogP contribution in [-0.4, -0.2) is 12.1 Å². The number of rotatable bonds is 3. The van der Waals surface area contributed by atoms with Gasteiger partial charge in [0.15, 0.2) is 0 Å². The summed E-state index contributed by atoms with van der Waals surface area (Å²) in [4.78, 5) is 0. The van der Waals surface area contributed by atoms with Gasteiger partial charge in [-0.1, -0.05) is 32.6 Å². The second-order valence-electron chi connectivity index (χ2n) is 6.31. The standard InChI is InChI=1S/C15H29N/c1-12-6-5-9-15(11-10-12)16-13(2)14-7-3-4-8-14/h12-16H,3-11H2,1-2H3/t12?,13-,15?/m0/s1. The highest BCUT2D eigenvalue weighted by Gasteiger charge is 2.24. The fourth-order valence-corrected chi connectivity index (χ4v) is 3.62. The molecular weight excluding hydrogens is 194 g/mol. The molecule has 0 spiro atoms. The van der Waals surface area contributed by atoms with Crippen LogP contribution in [0.15, 0.2) is 0 Å². The SMILES string of the molecule is CC1CCCC(N[C@@H](C)C2CCCC2)CC1. The van der Waals surface area contributed by atoms with Gasteiger partial charge in [-0.2, -0.15) is 0 Å². The Labute approximate surface area is 101 Å². The third-order valence-electron chi connectivity index (χ3n) is 4.86. The molecule has 1 nitrogen and oxygen atoms in total. The molecule has 2 saturated carbocycles. The molecule has 1 N–H and O–H groups in total. The fourth-order valence-electron chi connectivity index (χ4n) is 3.62. The van der Waals surface area contributed by atoms with E-state index in [0.717, 1.165) is 23.9 Å². The predicted molar refractivity (Wildman–Crippen MR) is 70.6 cm³/mol. The molecule has 1 heteroatoms. The van der Waals surface area contributed by atoms with Gasteiger partial charge in [0.2, 0.25) is 0 Å². The second kappa shape index (κ2) is 6.05. The lowest BCUT2D eigenvalue weighted by Gasteiger charge is -2.26. The minimum atomic E-state index is 0.765. The van der Waals surface area contributed by atoms with Crippen molar-refractivity contribution in [2.75, 3.05) is 0 Å². The molecule has 0 radical (unpaired) electrons. The van der Waals surface area contributed by atoms with Crippen LogP contribution in [0.1, 0.15) is 71.6 Å². The highest BCUT2D eigenvalue weighted by atomic mass is 14.9. The van der Waals surface area contributed by atoms with Gasteiger partial charge in [-0.25, -0.2) is 0 Å². The quantitative estimate of drug-likeness (QED) is 0.710. The molecule has 0 aromatic carbocycles. The summed E-state index contributed by atoms with van der Waals surface area (Å²) in [6.07, 6.45) is 13.0. The molecule has 0 aromatic rings. The van der Waals surface area contributed by atoms with Gasteiger partial charge in [0.05, 0.1) is 0 Å². The van der Waals surface area contributed by atoms with Crippen molar-refractivity contribution < 1.29 is 0 Å². The minimum Gasteiger partial charge on any atom is -0.311 e. The topological polar surface area (TPSA) is 12.0 Å². The van der Waals surface area contributed by atoms with Crippen LogP contribution >= 0.6 is 0 Å². The van der Waals surface area contributed by atoms with E-state index in [9.17, 15) is 0 Å². The van der Waals surface area contributed by atoms with Gasteiger partial charge >= 0.3 is 0 Å². The highest BCUT2D eigenvalue weighted by Crippen LogP contribution is 2.29. The molecule has 16 heavy (non-hydrogen) atoms. The smallest absolute Gasteiger partial charge is 0.00697 e. The van der Waals surface area contributed by atoms with Crippen molar-refractivity contribution in [3.8, 4) is 0 Å². The van der Waals surface area contributed by atoms with Gasteiger partial charge in [0, 0.05) is 12.1 Å². The lowest BCUT2D eigenvalue weighted by atomic mass is 9.97. The largest absolute Gasteiger partial charge is 0.311 e. The molecule has 0 aromatic heterocycles. The number of hydrogen-bond donors (Lipinski definition) is 1. The Morgan fingerprint density at radius 3 is 2.38 bits per heavy atom. The zero-order chi connectivity index (χ0) is 11.4. The third-order valence-corrected chi connectivity index (χ3v) is 4.86. The average molecular weight is 223 g/mol. The Morgan fingerprint density at radius 2 is 1.62 bits per heavy atom. The molecule has 0 amide bonds. The molecule has 94 valence electrons. The highest BCUT2D eigenvalue weighted by molar-refractivity contribution is 4.82. The van der Waals surface area contributed by atoms with Crippen molar-refractivity contribution in [3.63, 3.8) is 0 Å². The van der Waals surface area contributed by atoms with Crippen LogP contribution in [0.4, 0.5) is 0 Å². The van der Waals surface area contributed by atoms with Gasteiger partial charge in [-0.15, -0.1) is 0 Å². The lowest BCUT2D eigenvalue weighted by Crippen LogP contribution is -2.40. The van der Waals surface area contributed by atoms with Crippen LogP contribution in [-0.2, 0) is 0 Å². The van der Waals surface area contributed by atoms with E-state index in [4.69, 9.17) is 0 Å². The summed E-state index contributed by atoms with van der Waals surface area (Å²) in [5, 5.41) is 3.92. The minimum absolute atomic E-state index is 0.765. The van der Waals surface area contributed by atoms with E-state index in [0.29, 0.717) is 0 Å². The van der Waals surface area contributed by atoms with Crippen molar-refractivity contribution in [2.24, 2.45) is 11.8 Å². The van der Waals surface area contributed by atoms with Crippen LogP contribution in [0.5, 0.6) is 0 Å². The van der Waals surface area contributed by atoms with E-state index in [-0.39, 0.29) is 0 Å². The molecule has 2 rings (SSSR count). The molecule has 0 aliphatic heterocycles. The van der Waals surface area contributed by atoms with Crippen LogP contribution in [0, 0.1) is 11.8 Å². The molecule has 2 aliphatic carbocycles. The van der Waals surface area contributed by atoms with Crippen molar-refractivity contribution in [1.82, 2.24) is 5.32 Å². The summed E-state index contributed by atoms with van der Waals surface area (Å²) in [6, 6.07) is 1.58. The third kappa shape index (κ3) is 3.48. The summed E-state index contributed by atoms with van der Waals surface area (Å²) < 4.78 is 0. The van der Waals surface area contributed by atoms with Crippen LogP contribution in [0.2, 0.25) is 0 Å². The molecule has 2 unspecified atom stereocenters. The number of hydrogen-bond acceptors (Lipinski definition) is 1. The first-order chi connectivity index (χ1) is 7.75. The van der Waals surface area contributed by atoms with Crippen molar-refractivity contribution in [3.05, 3.63) is 0 Å². The van der Waals surface area contributed by atoms with Crippen LogP contribution in [0.3, 0.4) is 0 Å². The van der Waals surface area contributed by atoms with E-state index in [1.165, 1.54) is 57.8 Å². The maximum absolute atomic E-state index is 3.92. The van der Waals surface area contributed by atoms with Crippen molar-refractivity contribution in [2.45, 2.75) is 83.7 Å². The fraction of sp³-hybridized carbons (Fsp3) is 1.00. The summed E-state index contributed by atoms with van der Waals surface area (Å²) in [7, 11) is 0. The Balaban J connectivity index is 1.74. The van der Waals surface area contributed by atoms with Crippen molar-refractivity contribution >= 4 is 0 Å². The van der Waals surface area contributed by atoms with E-state index in [1.807, 2.05) is 0 Å². The summed E-state index contributed by atoms with van der Waals surface area (Å²) >= 11 is 0. The summed E-state index contributed by atoms with van der Waals surface area (Å²) in [5.74, 6) is 1.94.